The minimum Gasteiger partial charge on any atom is -0.456 e. The lowest BCUT2D eigenvalue weighted by Crippen LogP contribution is -2.04. The topological polar surface area (TPSA) is 35.2 Å². The Balaban J connectivity index is 2.22. The van der Waals surface area contributed by atoms with Crippen molar-refractivity contribution < 1.29 is 4.74 Å². The van der Waals surface area contributed by atoms with Crippen molar-refractivity contribution in [2.75, 3.05) is 0 Å². The molecule has 2 rings (SSSR count). The van der Waals surface area contributed by atoms with Crippen molar-refractivity contribution in [2.24, 2.45) is 5.73 Å². The fraction of sp³-hybridized carbons (Fsp3) is 0.143. The van der Waals surface area contributed by atoms with Gasteiger partial charge in [-0.1, -0.05) is 22.0 Å². The third-order valence-corrected chi connectivity index (χ3v) is 3.67. The molecular formula is C14H13Br2NO. The predicted molar refractivity (Wildman–Crippen MR) is 81.0 cm³/mol. The summed E-state index contributed by atoms with van der Waals surface area (Å²) in [6, 6.07) is 13.6. The first kappa shape index (κ1) is 13.6. The van der Waals surface area contributed by atoms with Crippen molar-refractivity contribution in [3.8, 4) is 11.5 Å². The van der Waals surface area contributed by atoms with Gasteiger partial charge in [0, 0.05) is 10.5 Å². The van der Waals surface area contributed by atoms with E-state index < -0.39 is 0 Å². The van der Waals surface area contributed by atoms with Crippen LogP contribution in [-0.2, 0) is 0 Å². The van der Waals surface area contributed by atoms with E-state index in [4.69, 9.17) is 10.5 Å². The Morgan fingerprint density at radius 3 is 2.28 bits per heavy atom. The van der Waals surface area contributed by atoms with E-state index >= 15 is 0 Å². The van der Waals surface area contributed by atoms with Crippen LogP contribution in [0.15, 0.2) is 51.4 Å². The second kappa shape index (κ2) is 5.87. The highest BCUT2D eigenvalue weighted by atomic mass is 79.9. The van der Waals surface area contributed by atoms with Gasteiger partial charge in [-0.2, -0.15) is 0 Å². The van der Waals surface area contributed by atoms with E-state index in [0.29, 0.717) is 0 Å². The molecule has 0 aliphatic heterocycles. The highest BCUT2D eigenvalue weighted by Gasteiger charge is 2.06. The molecule has 0 saturated carbocycles. The average molecular weight is 371 g/mol. The lowest BCUT2D eigenvalue weighted by Gasteiger charge is -2.11. The molecule has 1 unspecified atom stereocenters. The molecule has 0 radical (unpaired) electrons. The first-order valence-electron chi connectivity index (χ1n) is 5.54. The summed E-state index contributed by atoms with van der Waals surface area (Å²) in [6.07, 6.45) is 0. The zero-order valence-corrected chi connectivity index (χ0v) is 13.0. The van der Waals surface area contributed by atoms with Gasteiger partial charge < -0.3 is 10.5 Å². The van der Waals surface area contributed by atoms with Gasteiger partial charge in [0.1, 0.15) is 11.5 Å². The van der Waals surface area contributed by atoms with E-state index in [2.05, 4.69) is 31.9 Å². The third-order valence-electron chi connectivity index (χ3n) is 2.52. The number of benzene rings is 2. The van der Waals surface area contributed by atoms with Crippen LogP contribution in [0, 0.1) is 0 Å². The molecule has 0 bridgehead atoms. The molecule has 2 aromatic carbocycles. The molecule has 0 aromatic heterocycles. The van der Waals surface area contributed by atoms with Gasteiger partial charge in [0.2, 0.25) is 0 Å². The van der Waals surface area contributed by atoms with E-state index in [9.17, 15) is 0 Å². The van der Waals surface area contributed by atoms with Crippen LogP contribution in [0.4, 0.5) is 0 Å². The van der Waals surface area contributed by atoms with Gasteiger partial charge in [0.15, 0.2) is 0 Å². The van der Waals surface area contributed by atoms with Gasteiger partial charge in [0.25, 0.3) is 0 Å². The maximum atomic E-state index is 5.84. The molecule has 0 heterocycles. The Bertz CT molecular complexity index is 538. The van der Waals surface area contributed by atoms with Crippen molar-refractivity contribution in [1.82, 2.24) is 0 Å². The second-order valence-corrected chi connectivity index (χ2v) is 5.80. The molecule has 0 spiro atoms. The van der Waals surface area contributed by atoms with Crippen molar-refractivity contribution >= 4 is 31.9 Å². The molecule has 0 aliphatic carbocycles. The monoisotopic (exact) mass is 369 g/mol. The minimum absolute atomic E-state index is 0.0167. The number of halogens is 2. The van der Waals surface area contributed by atoms with Gasteiger partial charge in [-0.15, -0.1) is 0 Å². The summed E-state index contributed by atoms with van der Waals surface area (Å²) in [5.41, 5.74) is 6.91. The maximum absolute atomic E-state index is 5.84. The molecule has 0 amide bonds. The summed E-state index contributed by atoms with van der Waals surface area (Å²) >= 11 is 6.89. The molecular weight excluding hydrogens is 358 g/mol. The Hall–Kier alpha value is -0.840. The normalized spacial score (nSPS) is 12.2. The Labute approximate surface area is 123 Å². The molecule has 18 heavy (non-hydrogen) atoms. The van der Waals surface area contributed by atoms with Crippen LogP contribution < -0.4 is 10.5 Å². The van der Waals surface area contributed by atoms with E-state index in [1.165, 1.54) is 0 Å². The summed E-state index contributed by atoms with van der Waals surface area (Å²) in [6.45, 7) is 1.96. The minimum atomic E-state index is 0.0167. The van der Waals surface area contributed by atoms with Crippen LogP contribution in [0.1, 0.15) is 18.5 Å². The highest BCUT2D eigenvalue weighted by Crippen LogP contribution is 2.32. The lowest BCUT2D eigenvalue weighted by molar-refractivity contribution is 0.479. The van der Waals surface area contributed by atoms with E-state index in [1.54, 1.807) is 0 Å². The second-order valence-electron chi connectivity index (χ2n) is 4.03. The first-order valence-corrected chi connectivity index (χ1v) is 7.13. The fourth-order valence-electron chi connectivity index (χ4n) is 1.51. The van der Waals surface area contributed by atoms with Crippen LogP contribution in [0.25, 0.3) is 0 Å². The first-order chi connectivity index (χ1) is 8.56. The Kier molecular flexibility index (Phi) is 4.43. The van der Waals surface area contributed by atoms with E-state index in [0.717, 1.165) is 26.0 Å². The molecule has 4 heteroatoms. The Morgan fingerprint density at radius 2 is 1.72 bits per heavy atom. The highest BCUT2D eigenvalue weighted by molar-refractivity contribution is 9.10. The zero-order valence-electron chi connectivity index (χ0n) is 9.86. The van der Waals surface area contributed by atoms with Crippen molar-refractivity contribution in [3.63, 3.8) is 0 Å². The zero-order chi connectivity index (χ0) is 13.1. The standard InChI is InChI=1S/C14H13Br2NO/c1-9(17)10-2-7-14(13(16)8-10)18-12-5-3-11(15)4-6-12/h2-9H,17H2,1H3. The summed E-state index contributed by atoms with van der Waals surface area (Å²) in [5, 5.41) is 0. The summed E-state index contributed by atoms with van der Waals surface area (Å²) in [5.74, 6) is 1.58. The molecule has 0 aliphatic rings. The number of ether oxygens (including phenoxy) is 1. The van der Waals surface area contributed by atoms with Crippen LogP contribution in [0.2, 0.25) is 0 Å². The maximum Gasteiger partial charge on any atom is 0.141 e. The van der Waals surface area contributed by atoms with Gasteiger partial charge in [0.05, 0.1) is 4.47 Å². The van der Waals surface area contributed by atoms with E-state index in [-0.39, 0.29) is 6.04 Å². The van der Waals surface area contributed by atoms with Gasteiger partial charge >= 0.3 is 0 Å². The number of rotatable bonds is 3. The van der Waals surface area contributed by atoms with E-state index in [1.807, 2.05) is 49.4 Å². The summed E-state index contributed by atoms with van der Waals surface area (Å²) in [4.78, 5) is 0. The largest absolute Gasteiger partial charge is 0.456 e. The van der Waals surface area contributed by atoms with Crippen LogP contribution in [0.5, 0.6) is 11.5 Å². The van der Waals surface area contributed by atoms with Crippen molar-refractivity contribution in [2.45, 2.75) is 13.0 Å². The number of hydrogen-bond acceptors (Lipinski definition) is 2. The number of hydrogen-bond donors (Lipinski definition) is 1. The number of nitrogens with two attached hydrogens (primary N) is 1. The molecule has 2 N–H and O–H groups in total. The molecule has 94 valence electrons. The summed E-state index contributed by atoms with van der Waals surface area (Å²) in [7, 11) is 0. The molecule has 0 fully saturated rings. The van der Waals surface area contributed by atoms with Gasteiger partial charge in [-0.3, -0.25) is 0 Å². The summed E-state index contributed by atoms with van der Waals surface area (Å²) < 4.78 is 7.72. The molecule has 1 atom stereocenters. The van der Waals surface area contributed by atoms with Crippen LogP contribution in [-0.4, -0.2) is 0 Å². The van der Waals surface area contributed by atoms with Crippen molar-refractivity contribution in [3.05, 3.63) is 57.0 Å². The lowest BCUT2D eigenvalue weighted by atomic mass is 10.1. The molecule has 0 saturated heterocycles. The van der Waals surface area contributed by atoms with Crippen molar-refractivity contribution in [1.29, 1.82) is 0 Å². The molecule has 2 aromatic rings. The molecule has 2 nitrogen and oxygen atoms in total. The van der Waals surface area contributed by atoms with Crippen LogP contribution in [0.3, 0.4) is 0 Å². The van der Waals surface area contributed by atoms with Gasteiger partial charge in [-0.05, 0) is 64.8 Å². The van der Waals surface area contributed by atoms with Crippen LogP contribution >= 0.6 is 31.9 Å². The fourth-order valence-corrected chi connectivity index (χ4v) is 2.25. The van der Waals surface area contributed by atoms with Gasteiger partial charge in [-0.25, -0.2) is 0 Å². The third kappa shape index (κ3) is 3.34. The predicted octanol–water partition coefficient (Wildman–Crippen LogP) is 5.02. The Morgan fingerprint density at radius 1 is 1.06 bits per heavy atom. The SMILES string of the molecule is CC(N)c1ccc(Oc2ccc(Br)cc2)c(Br)c1. The quantitative estimate of drug-likeness (QED) is 0.822. The smallest absolute Gasteiger partial charge is 0.141 e. The average Bonchev–Trinajstić information content (AvgIpc) is 2.34.